The van der Waals surface area contributed by atoms with Crippen molar-refractivity contribution in [3.8, 4) is 16.9 Å². The van der Waals surface area contributed by atoms with Gasteiger partial charge in [0, 0.05) is 12.0 Å². The molecule has 4 heteroatoms. The smallest absolute Gasteiger partial charge is 0.129 e. The van der Waals surface area contributed by atoms with E-state index < -0.39 is 0 Å². The minimum absolute atomic E-state index is 0.135. The van der Waals surface area contributed by atoms with E-state index in [1.165, 1.54) is 5.56 Å². The summed E-state index contributed by atoms with van der Waals surface area (Å²) >= 11 is 0. The molecular formula is C20H21FO3. The average Bonchev–Trinajstić information content (AvgIpc) is 3.02. The Morgan fingerprint density at radius 2 is 1.96 bits per heavy atom. The fourth-order valence-corrected chi connectivity index (χ4v) is 3.62. The Morgan fingerprint density at radius 1 is 1.12 bits per heavy atom. The van der Waals surface area contributed by atoms with Crippen LogP contribution in [0.25, 0.3) is 11.1 Å². The van der Waals surface area contributed by atoms with Gasteiger partial charge in [0.1, 0.15) is 17.7 Å². The van der Waals surface area contributed by atoms with Crippen LogP contribution in [0.2, 0.25) is 0 Å². The Morgan fingerprint density at radius 3 is 2.71 bits per heavy atom. The lowest BCUT2D eigenvalue weighted by Crippen LogP contribution is -2.15. The van der Waals surface area contributed by atoms with Crippen molar-refractivity contribution >= 4 is 0 Å². The molecule has 3 nitrogen and oxygen atoms in total. The van der Waals surface area contributed by atoms with Crippen LogP contribution < -0.4 is 4.74 Å². The number of aliphatic hydroxyl groups excluding tert-OH is 1. The average molecular weight is 328 g/mol. The summed E-state index contributed by atoms with van der Waals surface area (Å²) in [6.07, 6.45) is 3.83. The van der Waals surface area contributed by atoms with Gasteiger partial charge in [0.05, 0.1) is 19.8 Å². The van der Waals surface area contributed by atoms with Gasteiger partial charge < -0.3 is 14.6 Å². The molecule has 4 rings (SSSR count). The second-order valence-corrected chi connectivity index (χ2v) is 6.53. The number of aliphatic hydroxyl groups is 1. The summed E-state index contributed by atoms with van der Waals surface area (Å²) in [7, 11) is 0. The maximum Gasteiger partial charge on any atom is 0.129 e. The third kappa shape index (κ3) is 2.92. The molecule has 24 heavy (non-hydrogen) atoms. The van der Waals surface area contributed by atoms with Crippen LogP contribution in [0.3, 0.4) is 0 Å². The van der Waals surface area contributed by atoms with Gasteiger partial charge in [-0.15, -0.1) is 0 Å². The van der Waals surface area contributed by atoms with Gasteiger partial charge >= 0.3 is 0 Å². The zero-order valence-corrected chi connectivity index (χ0v) is 13.6. The Hall–Kier alpha value is -1.91. The van der Waals surface area contributed by atoms with Crippen LogP contribution in [0.15, 0.2) is 30.3 Å². The lowest BCUT2D eigenvalue weighted by molar-refractivity contribution is 0.141. The highest BCUT2D eigenvalue weighted by Crippen LogP contribution is 2.36. The van der Waals surface area contributed by atoms with Crippen LogP contribution in [-0.2, 0) is 24.2 Å². The molecule has 2 aromatic carbocycles. The van der Waals surface area contributed by atoms with Gasteiger partial charge in [0.25, 0.3) is 0 Å². The summed E-state index contributed by atoms with van der Waals surface area (Å²) in [5.41, 5.74) is 4.74. The van der Waals surface area contributed by atoms with Crippen LogP contribution in [0.1, 0.15) is 29.5 Å². The minimum Gasteiger partial charge on any atom is -0.488 e. The molecule has 1 atom stereocenters. The van der Waals surface area contributed by atoms with Crippen LogP contribution in [0.5, 0.6) is 5.75 Å². The molecule has 1 unspecified atom stereocenters. The fraction of sp³-hybridized carbons (Fsp3) is 0.400. The van der Waals surface area contributed by atoms with Crippen LogP contribution in [0, 0.1) is 5.82 Å². The number of hydrogen-bond donors (Lipinski definition) is 1. The lowest BCUT2D eigenvalue weighted by Gasteiger charge is -2.16. The zero-order valence-electron chi connectivity index (χ0n) is 13.6. The first-order valence-corrected chi connectivity index (χ1v) is 8.54. The number of hydrogen-bond acceptors (Lipinski definition) is 3. The van der Waals surface area contributed by atoms with Crippen molar-refractivity contribution in [1.82, 2.24) is 0 Å². The van der Waals surface area contributed by atoms with Crippen LogP contribution in [0.4, 0.5) is 4.39 Å². The number of aryl methyl sites for hydroxylation is 2. The molecule has 1 heterocycles. The quantitative estimate of drug-likeness (QED) is 0.935. The molecule has 1 aliphatic carbocycles. The van der Waals surface area contributed by atoms with Gasteiger partial charge in [0.15, 0.2) is 0 Å². The van der Waals surface area contributed by atoms with E-state index in [9.17, 15) is 9.50 Å². The molecule has 1 N–H and O–H groups in total. The number of halogens is 1. The molecule has 0 aromatic heterocycles. The lowest BCUT2D eigenvalue weighted by atomic mass is 9.94. The Labute approximate surface area is 141 Å². The first-order valence-electron chi connectivity index (χ1n) is 8.54. The van der Waals surface area contributed by atoms with E-state index in [1.807, 2.05) is 6.07 Å². The first kappa shape index (κ1) is 15.6. The van der Waals surface area contributed by atoms with Gasteiger partial charge in [-0.25, -0.2) is 4.39 Å². The number of ether oxygens (including phenoxy) is 2. The van der Waals surface area contributed by atoms with E-state index in [0.717, 1.165) is 54.7 Å². The van der Waals surface area contributed by atoms with Crippen LogP contribution in [-0.4, -0.2) is 24.4 Å². The monoisotopic (exact) mass is 328 g/mol. The third-order valence-corrected chi connectivity index (χ3v) is 4.89. The Balaban J connectivity index is 1.71. The molecule has 0 spiro atoms. The molecule has 1 aliphatic heterocycles. The predicted octanol–water partition coefficient (Wildman–Crippen LogP) is 3.64. The summed E-state index contributed by atoms with van der Waals surface area (Å²) in [5, 5.41) is 9.37. The van der Waals surface area contributed by atoms with E-state index in [4.69, 9.17) is 9.47 Å². The van der Waals surface area contributed by atoms with Gasteiger partial charge in [-0.1, -0.05) is 6.07 Å². The summed E-state index contributed by atoms with van der Waals surface area (Å²) in [6, 6.07) is 9.51. The highest BCUT2D eigenvalue weighted by Gasteiger charge is 2.20. The van der Waals surface area contributed by atoms with Gasteiger partial charge in [-0.05, 0) is 65.8 Å². The molecule has 0 bridgehead atoms. The summed E-state index contributed by atoms with van der Waals surface area (Å²) in [4.78, 5) is 0. The SMILES string of the molecule is OCc1cc2c(cc1F)CCCc1cc(OC3CCOC3)ccc1-2. The van der Waals surface area contributed by atoms with Crippen molar-refractivity contribution in [2.45, 2.75) is 38.4 Å². The second kappa shape index (κ2) is 6.54. The van der Waals surface area contributed by atoms with Crippen molar-refractivity contribution in [3.63, 3.8) is 0 Å². The van der Waals surface area contributed by atoms with E-state index in [1.54, 1.807) is 12.1 Å². The molecule has 2 aromatic rings. The molecule has 1 fully saturated rings. The van der Waals surface area contributed by atoms with Crippen molar-refractivity contribution in [2.75, 3.05) is 13.2 Å². The largest absolute Gasteiger partial charge is 0.488 e. The van der Waals surface area contributed by atoms with Crippen molar-refractivity contribution in [2.24, 2.45) is 0 Å². The van der Waals surface area contributed by atoms with E-state index >= 15 is 0 Å². The molecule has 0 saturated carbocycles. The number of rotatable bonds is 3. The van der Waals surface area contributed by atoms with Crippen molar-refractivity contribution in [3.05, 3.63) is 52.8 Å². The van der Waals surface area contributed by atoms with E-state index in [0.29, 0.717) is 12.2 Å². The van der Waals surface area contributed by atoms with Crippen molar-refractivity contribution < 1.29 is 19.0 Å². The number of benzene rings is 2. The highest BCUT2D eigenvalue weighted by atomic mass is 19.1. The topological polar surface area (TPSA) is 38.7 Å². The Kier molecular flexibility index (Phi) is 4.25. The summed E-state index contributed by atoms with van der Waals surface area (Å²) in [5.74, 6) is 0.554. The first-order chi connectivity index (χ1) is 11.7. The Bertz CT molecular complexity index is 751. The molecular weight excluding hydrogens is 307 g/mol. The van der Waals surface area contributed by atoms with Gasteiger partial charge in [-0.3, -0.25) is 0 Å². The molecule has 0 amide bonds. The highest BCUT2D eigenvalue weighted by molar-refractivity contribution is 5.73. The third-order valence-electron chi connectivity index (χ3n) is 4.89. The second-order valence-electron chi connectivity index (χ2n) is 6.53. The summed E-state index contributed by atoms with van der Waals surface area (Å²) in [6.45, 7) is 1.13. The molecule has 126 valence electrons. The van der Waals surface area contributed by atoms with Gasteiger partial charge in [-0.2, -0.15) is 0 Å². The maximum atomic E-state index is 14.0. The van der Waals surface area contributed by atoms with Crippen LogP contribution >= 0.6 is 0 Å². The standard InChI is InChI=1S/C20H21FO3/c21-20-10-14-3-1-2-13-8-16(24-17-6-7-23-12-17)4-5-18(13)19(14)9-15(20)11-22/h4-5,8-10,17,22H,1-3,6-7,11-12H2. The fourth-order valence-electron chi connectivity index (χ4n) is 3.62. The maximum absolute atomic E-state index is 14.0. The normalized spacial score (nSPS) is 19.5. The molecule has 0 radical (unpaired) electrons. The van der Waals surface area contributed by atoms with Gasteiger partial charge in [0.2, 0.25) is 0 Å². The molecule has 1 saturated heterocycles. The minimum atomic E-state index is -0.319. The zero-order chi connectivity index (χ0) is 16.5. The molecule has 2 aliphatic rings. The predicted molar refractivity (Wildman–Crippen MR) is 89.6 cm³/mol. The summed E-state index contributed by atoms with van der Waals surface area (Å²) < 4.78 is 25.4. The van der Waals surface area contributed by atoms with E-state index in [-0.39, 0.29) is 18.5 Å². The van der Waals surface area contributed by atoms with E-state index in [2.05, 4.69) is 12.1 Å². The number of fused-ring (bicyclic) bond motifs is 3. The van der Waals surface area contributed by atoms with Crippen molar-refractivity contribution in [1.29, 1.82) is 0 Å².